The Bertz CT molecular complexity index is 1040. The monoisotopic (exact) mass is 602 g/mol. The molecule has 220 valence electrons. The van der Waals surface area contributed by atoms with Gasteiger partial charge in [-0.1, -0.05) is 33.7 Å². The zero-order valence-electron chi connectivity index (χ0n) is 21.0. The topological polar surface area (TPSA) is 255 Å². The highest BCUT2D eigenvalue weighted by Gasteiger charge is 2.29. The molecule has 1 rings (SSSR count). The summed E-state index contributed by atoms with van der Waals surface area (Å²) in [4.78, 5) is 81.6. The molecule has 0 aliphatic carbocycles. The molecule has 1 aromatic rings. The van der Waals surface area contributed by atoms with E-state index in [9.17, 15) is 38.7 Å². The summed E-state index contributed by atoms with van der Waals surface area (Å²) in [6.07, 6.45) is -2.10. The highest BCUT2D eigenvalue weighted by atomic mass is 33.1. The van der Waals surface area contributed by atoms with Gasteiger partial charge < -0.3 is 36.2 Å². The molecule has 2 atom stereocenters. The van der Waals surface area contributed by atoms with Crippen LogP contribution < -0.4 is 32.5 Å². The van der Waals surface area contributed by atoms with Gasteiger partial charge in [-0.25, -0.2) is 10.6 Å². The molecule has 1 aromatic carbocycles. The van der Waals surface area contributed by atoms with Gasteiger partial charge in [-0.05, 0) is 17.7 Å². The number of carbonyl (C=O) groups excluding carboxylic acids is 5. The number of anilines is 1. The van der Waals surface area contributed by atoms with Gasteiger partial charge in [0, 0.05) is 23.7 Å². The number of hydrogen-bond acceptors (Lipinski definition) is 11. The molecule has 16 nitrogen and oxygen atoms in total. The van der Waals surface area contributed by atoms with Crippen LogP contribution in [0.15, 0.2) is 24.3 Å². The quantitative estimate of drug-likeness (QED) is 0.0232. The van der Waals surface area contributed by atoms with E-state index in [-0.39, 0.29) is 19.6 Å². The number of carbonyl (C=O) groups is 7. The van der Waals surface area contributed by atoms with Crippen LogP contribution in [0, 0.1) is 0 Å². The van der Waals surface area contributed by atoms with E-state index < -0.39 is 60.7 Å². The van der Waals surface area contributed by atoms with Gasteiger partial charge in [0.15, 0.2) is 0 Å². The molecule has 0 bridgehead atoms. The number of carboxylic acids is 2. The van der Waals surface area contributed by atoms with E-state index in [1.54, 1.807) is 24.3 Å². The number of nitrogens with one attached hydrogen (secondary N) is 5. The third-order valence-corrected chi connectivity index (χ3v) is 7.04. The SMILES string of the molecule is NNC(=O)OCCSSCCNC(=O)[C@H](CC(=O)O)NC(=O)C(CC(=O)O)NC(=O)Cc1ccc(NC=O)cc1. The lowest BCUT2D eigenvalue weighted by atomic mass is 10.1. The van der Waals surface area contributed by atoms with Crippen molar-refractivity contribution in [1.82, 2.24) is 21.4 Å². The summed E-state index contributed by atoms with van der Waals surface area (Å²) >= 11 is 0. The molecule has 40 heavy (non-hydrogen) atoms. The van der Waals surface area contributed by atoms with Crippen molar-refractivity contribution in [3.63, 3.8) is 0 Å². The van der Waals surface area contributed by atoms with Crippen molar-refractivity contribution in [1.29, 1.82) is 0 Å². The molecule has 5 amide bonds. The second kappa shape index (κ2) is 19.1. The lowest BCUT2D eigenvalue weighted by molar-refractivity contribution is -0.143. The van der Waals surface area contributed by atoms with Crippen LogP contribution in [0.1, 0.15) is 18.4 Å². The number of rotatable bonds is 19. The molecule has 1 unspecified atom stereocenters. The van der Waals surface area contributed by atoms with Crippen LogP contribution in [0.2, 0.25) is 0 Å². The summed E-state index contributed by atoms with van der Waals surface area (Å²) < 4.78 is 4.70. The molecule has 0 saturated carbocycles. The molecule has 0 radical (unpaired) electrons. The van der Waals surface area contributed by atoms with Gasteiger partial charge in [0.2, 0.25) is 24.1 Å². The maximum Gasteiger partial charge on any atom is 0.421 e. The van der Waals surface area contributed by atoms with Crippen LogP contribution in [0.5, 0.6) is 0 Å². The van der Waals surface area contributed by atoms with Gasteiger partial charge in [0.25, 0.3) is 0 Å². The van der Waals surface area contributed by atoms with Gasteiger partial charge >= 0.3 is 18.0 Å². The van der Waals surface area contributed by atoms with E-state index in [2.05, 4.69) is 21.3 Å². The maximum absolute atomic E-state index is 12.8. The number of hydrazine groups is 1. The molecule has 0 aliphatic heterocycles. The third-order valence-electron chi connectivity index (χ3n) is 4.67. The Morgan fingerprint density at radius 2 is 1.50 bits per heavy atom. The van der Waals surface area contributed by atoms with Crippen LogP contribution in [0.3, 0.4) is 0 Å². The van der Waals surface area contributed by atoms with E-state index in [0.717, 1.165) is 0 Å². The second-order valence-electron chi connectivity index (χ2n) is 7.73. The first-order valence-corrected chi connectivity index (χ1v) is 14.0. The minimum atomic E-state index is -1.58. The van der Waals surface area contributed by atoms with Crippen molar-refractivity contribution in [3.8, 4) is 0 Å². The number of aliphatic carboxylic acids is 2. The van der Waals surface area contributed by atoms with Crippen molar-refractivity contribution in [3.05, 3.63) is 29.8 Å². The maximum atomic E-state index is 12.8. The number of nitrogens with two attached hydrogens (primary N) is 1. The number of hydrogen-bond donors (Lipinski definition) is 8. The normalized spacial score (nSPS) is 11.7. The van der Waals surface area contributed by atoms with Crippen LogP contribution in [-0.2, 0) is 39.9 Å². The van der Waals surface area contributed by atoms with Crippen molar-refractivity contribution in [2.45, 2.75) is 31.3 Å². The van der Waals surface area contributed by atoms with Gasteiger partial charge in [-0.15, -0.1) is 0 Å². The van der Waals surface area contributed by atoms with E-state index in [4.69, 9.17) is 15.7 Å². The number of amides is 5. The van der Waals surface area contributed by atoms with Crippen LogP contribution in [0.4, 0.5) is 10.5 Å². The molecule has 0 aliphatic rings. The lowest BCUT2D eigenvalue weighted by Crippen LogP contribution is -2.55. The van der Waals surface area contributed by atoms with Gasteiger partial charge in [-0.3, -0.25) is 34.2 Å². The Kier molecular flexibility index (Phi) is 16.2. The number of carboxylic acid groups (broad SMARTS) is 2. The van der Waals surface area contributed by atoms with Crippen molar-refractivity contribution in [2.24, 2.45) is 5.84 Å². The molecule has 9 N–H and O–H groups in total. The van der Waals surface area contributed by atoms with Crippen molar-refractivity contribution in [2.75, 3.05) is 30.0 Å². The van der Waals surface area contributed by atoms with E-state index in [1.807, 2.05) is 5.43 Å². The zero-order valence-corrected chi connectivity index (χ0v) is 22.7. The van der Waals surface area contributed by atoms with Gasteiger partial charge in [0.05, 0.1) is 19.3 Å². The average Bonchev–Trinajstić information content (AvgIpc) is 2.89. The predicted octanol–water partition coefficient (Wildman–Crippen LogP) is -1.19. The average molecular weight is 603 g/mol. The zero-order chi connectivity index (χ0) is 29.9. The van der Waals surface area contributed by atoms with Crippen LogP contribution in [0.25, 0.3) is 0 Å². The molecular formula is C22H30N6O10S2. The molecule has 0 fully saturated rings. The summed E-state index contributed by atoms with van der Waals surface area (Å²) in [6.45, 7) is 0.224. The molecule has 0 aromatic heterocycles. The van der Waals surface area contributed by atoms with Crippen LogP contribution >= 0.6 is 21.6 Å². The van der Waals surface area contributed by atoms with Gasteiger partial charge in [-0.2, -0.15) is 0 Å². The Balaban J connectivity index is 2.65. The van der Waals surface area contributed by atoms with Crippen LogP contribution in [-0.4, -0.2) is 89.1 Å². The summed E-state index contributed by atoms with van der Waals surface area (Å²) in [5.74, 6) is 0.365. The van der Waals surface area contributed by atoms with E-state index in [1.165, 1.54) is 21.6 Å². The van der Waals surface area contributed by atoms with E-state index in [0.29, 0.717) is 29.2 Å². The largest absolute Gasteiger partial charge is 0.481 e. The highest BCUT2D eigenvalue weighted by Crippen LogP contribution is 2.19. The first kappa shape index (κ1) is 34.0. The Hall–Kier alpha value is -4.03. The molecule has 0 spiro atoms. The minimum Gasteiger partial charge on any atom is -0.481 e. The fraction of sp³-hybridized carbons (Fsp3) is 0.409. The van der Waals surface area contributed by atoms with E-state index >= 15 is 0 Å². The lowest BCUT2D eigenvalue weighted by Gasteiger charge is -2.21. The first-order chi connectivity index (χ1) is 19.0. The Labute approximate surface area is 236 Å². The summed E-state index contributed by atoms with van der Waals surface area (Å²) in [7, 11) is 2.69. The van der Waals surface area contributed by atoms with Crippen molar-refractivity contribution < 1.29 is 48.5 Å². The minimum absolute atomic E-state index is 0.110. The predicted molar refractivity (Wildman–Crippen MR) is 145 cm³/mol. The number of benzene rings is 1. The number of ether oxygens (including phenoxy) is 1. The molecule has 0 saturated heterocycles. The van der Waals surface area contributed by atoms with Crippen molar-refractivity contribution >= 4 is 69.4 Å². The second-order valence-corrected chi connectivity index (χ2v) is 10.4. The fourth-order valence-electron chi connectivity index (χ4n) is 2.92. The van der Waals surface area contributed by atoms with Gasteiger partial charge in [0.1, 0.15) is 18.7 Å². The third kappa shape index (κ3) is 14.8. The first-order valence-electron chi connectivity index (χ1n) is 11.5. The molecule has 18 heteroatoms. The fourth-order valence-corrected chi connectivity index (χ4v) is 4.66. The standard InChI is InChI=1S/C22H30N6O10S2/c23-28-22(37)38-6-8-40-39-7-5-24-20(35)15(10-18(31)32)27-21(36)16(11-19(33)34)26-17(30)9-13-1-3-14(4-2-13)25-12-29/h1-4,12,15-16H,5-11,23H2,(H,24,35)(H,25,29)(H,26,30)(H,27,36)(H,28,37)(H,31,32)(H,33,34)/t15-,16?/m0/s1. The molecular weight excluding hydrogens is 572 g/mol. The Morgan fingerprint density at radius 3 is 2.08 bits per heavy atom. The summed E-state index contributed by atoms with van der Waals surface area (Å²) in [5, 5.41) is 27.8. The Morgan fingerprint density at radius 1 is 0.900 bits per heavy atom. The smallest absolute Gasteiger partial charge is 0.421 e. The summed E-state index contributed by atoms with van der Waals surface area (Å²) in [6, 6.07) is 3.08. The molecule has 0 heterocycles. The summed E-state index contributed by atoms with van der Waals surface area (Å²) in [5.41, 5.74) is 2.81. The highest BCUT2D eigenvalue weighted by molar-refractivity contribution is 8.76.